The van der Waals surface area contributed by atoms with Gasteiger partial charge in [0.1, 0.15) is 11.3 Å². The number of methoxy groups -OCH3 is 1. The number of hydrogen-bond donors (Lipinski definition) is 1. The Morgan fingerprint density at radius 2 is 1.89 bits per heavy atom. The van der Waals surface area contributed by atoms with Gasteiger partial charge in [-0.1, -0.05) is 0 Å². The molecule has 0 saturated carbocycles. The molecule has 0 aliphatic rings. The van der Waals surface area contributed by atoms with Crippen LogP contribution in [0.2, 0.25) is 0 Å². The summed E-state index contributed by atoms with van der Waals surface area (Å²) in [5.41, 5.74) is -0.721. The molecule has 1 heterocycles. The van der Waals surface area contributed by atoms with Crippen LogP contribution in [-0.2, 0) is 4.74 Å². The third-order valence-corrected chi connectivity index (χ3v) is 2.65. The van der Waals surface area contributed by atoms with Crippen molar-refractivity contribution in [3.05, 3.63) is 39.7 Å². The molecule has 0 aliphatic heterocycles. The van der Waals surface area contributed by atoms with Gasteiger partial charge in [-0.25, -0.2) is 9.59 Å². The molecule has 1 aromatic carbocycles. The van der Waals surface area contributed by atoms with Gasteiger partial charge in [0.05, 0.1) is 18.2 Å². The number of phenolic OH excluding ortho intramolecular Hbond substituents is 1. The number of rotatable bonds is 2. The molecular weight excluding hydrogens is 252 g/mol. The summed E-state index contributed by atoms with van der Waals surface area (Å²) in [6, 6.07) is 3.40. The second-order valence-corrected chi connectivity index (χ2v) is 3.89. The Morgan fingerprint density at radius 3 is 2.47 bits per heavy atom. The lowest BCUT2D eigenvalue weighted by molar-refractivity contribution is 0.0602. The van der Waals surface area contributed by atoms with Crippen LogP contribution in [-0.4, -0.2) is 24.0 Å². The van der Waals surface area contributed by atoms with Crippen LogP contribution in [0.3, 0.4) is 0 Å². The van der Waals surface area contributed by atoms with E-state index in [1.165, 1.54) is 20.1 Å². The lowest BCUT2D eigenvalue weighted by atomic mass is 10.0. The summed E-state index contributed by atoms with van der Waals surface area (Å²) in [5.74, 6) is -1.41. The van der Waals surface area contributed by atoms with E-state index < -0.39 is 11.6 Å². The highest BCUT2D eigenvalue weighted by Crippen LogP contribution is 2.27. The van der Waals surface area contributed by atoms with Gasteiger partial charge in [-0.05, 0) is 13.0 Å². The number of esters is 1. The second-order valence-electron chi connectivity index (χ2n) is 3.89. The summed E-state index contributed by atoms with van der Waals surface area (Å²) in [6.45, 7) is 1.28. The Bertz CT molecular complexity index is 741. The summed E-state index contributed by atoms with van der Waals surface area (Å²) in [6.07, 6.45) is 0. The van der Waals surface area contributed by atoms with Gasteiger partial charge in [-0.15, -0.1) is 0 Å². The Kier molecular flexibility index (Phi) is 3.08. The first-order valence-electron chi connectivity index (χ1n) is 5.34. The number of Topliss-reactive ketones (excluding diaryl/α,β-unsaturated/α-hetero) is 1. The van der Waals surface area contributed by atoms with Crippen LogP contribution in [0.1, 0.15) is 27.6 Å². The average molecular weight is 262 g/mol. The van der Waals surface area contributed by atoms with E-state index in [4.69, 9.17) is 4.42 Å². The maximum absolute atomic E-state index is 11.6. The van der Waals surface area contributed by atoms with Crippen molar-refractivity contribution in [3.63, 3.8) is 0 Å². The van der Waals surface area contributed by atoms with Gasteiger partial charge < -0.3 is 14.3 Å². The van der Waals surface area contributed by atoms with Crippen molar-refractivity contribution in [1.82, 2.24) is 0 Å². The first-order valence-corrected chi connectivity index (χ1v) is 5.34. The third-order valence-electron chi connectivity index (χ3n) is 2.65. The Balaban J connectivity index is 2.89. The lowest BCUT2D eigenvalue weighted by Gasteiger charge is -2.06. The number of fused-ring (bicyclic) bond motifs is 1. The summed E-state index contributed by atoms with van der Waals surface area (Å²) in [7, 11) is 1.18. The van der Waals surface area contributed by atoms with E-state index in [9.17, 15) is 19.5 Å². The molecule has 2 aromatic rings. The van der Waals surface area contributed by atoms with Crippen molar-refractivity contribution < 1.29 is 23.8 Å². The zero-order valence-electron chi connectivity index (χ0n) is 10.2. The minimum absolute atomic E-state index is 0.00963. The molecule has 0 unspecified atom stereocenters. The molecule has 19 heavy (non-hydrogen) atoms. The van der Waals surface area contributed by atoms with Crippen molar-refractivity contribution in [2.75, 3.05) is 7.11 Å². The van der Waals surface area contributed by atoms with E-state index in [2.05, 4.69) is 4.74 Å². The largest absolute Gasteiger partial charge is 0.507 e. The van der Waals surface area contributed by atoms with Gasteiger partial charge in [0.15, 0.2) is 5.78 Å². The Morgan fingerprint density at radius 1 is 1.21 bits per heavy atom. The van der Waals surface area contributed by atoms with Gasteiger partial charge in [0.25, 0.3) is 0 Å². The van der Waals surface area contributed by atoms with Crippen LogP contribution >= 0.6 is 0 Å². The molecule has 0 spiro atoms. The van der Waals surface area contributed by atoms with E-state index in [0.29, 0.717) is 0 Å². The molecule has 0 amide bonds. The third kappa shape index (κ3) is 2.20. The van der Waals surface area contributed by atoms with E-state index in [-0.39, 0.29) is 33.6 Å². The number of ketones is 1. The van der Waals surface area contributed by atoms with E-state index in [0.717, 1.165) is 12.1 Å². The molecule has 0 bridgehead atoms. The Labute approximate surface area is 107 Å². The predicted molar refractivity (Wildman–Crippen MR) is 65.5 cm³/mol. The minimum Gasteiger partial charge on any atom is -0.507 e. The summed E-state index contributed by atoms with van der Waals surface area (Å²) < 4.78 is 9.44. The van der Waals surface area contributed by atoms with Crippen molar-refractivity contribution in [3.8, 4) is 5.75 Å². The number of carbonyl (C=O) groups excluding carboxylic acids is 2. The molecule has 1 aromatic heterocycles. The average Bonchev–Trinajstić information content (AvgIpc) is 2.35. The molecule has 6 nitrogen and oxygen atoms in total. The SMILES string of the molecule is COC(=O)c1cc(=O)oc2cc(O)c(C(C)=O)cc12. The highest BCUT2D eigenvalue weighted by Gasteiger charge is 2.17. The molecule has 0 aliphatic carbocycles. The topological polar surface area (TPSA) is 93.8 Å². The van der Waals surface area contributed by atoms with Crippen molar-refractivity contribution >= 4 is 22.7 Å². The highest BCUT2D eigenvalue weighted by atomic mass is 16.5. The smallest absolute Gasteiger partial charge is 0.338 e. The standard InChI is InChI=1S/C13H10O6/c1-6(14)7-3-8-9(13(17)18-2)4-12(16)19-11(8)5-10(7)15/h3-5,15H,1-2H3. The number of phenols is 1. The highest BCUT2D eigenvalue weighted by molar-refractivity contribution is 6.07. The van der Waals surface area contributed by atoms with Crippen LogP contribution in [0, 0.1) is 0 Å². The molecule has 6 heteroatoms. The summed E-state index contributed by atoms with van der Waals surface area (Å²) in [5, 5.41) is 9.89. The zero-order valence-corrected chi connectivity index (χ0v) is 10.2. The number of aromatic hydroxyl groups is 1. The van der Waals surface area contributed by atoms with Crippen LogP contribution in [0.4, 0.5) is 0 Å². The fourth-order valence-corrected chi connectivity index (χ4v) is 1.76. The maximum atomic E-state index is 11.6. The molecule has 0 saturated heterocycles. The zero-order chi connectivity index (χ0) is 14.2. The fourth-order valence-electron chi connectivity index (χ4n) is 1.76. The molecule has 0 fully saturated rings. The molecule has 0 radical (unpaired) electrons. The van der Waals surface area contributed by atoms with Gasteiger partial charge in [0.2, 0.25) is 0 Å². The first kappa shape index (κ1) is 12.8. The predicted octanol–water partition coefficient (Wildman–Crippen LogP) is 1.49. The fraction of sp³-hybridized carbons (Fsp3) is 0.154. The van der Waals surface area contributed by atoms with Gasteiger partial charge >= 0.3 is 11.6 Å². The second kappa shape index (κ2) is 4.56. The van der Waals surface area contributed by atoms with Crippen molar-refractivity contribution in [2.24, 2.45) is 0 Å². The summed E-state index contributed by atoms with van der Waals surface area (Å²) in [4.78, 5) is 34.3. The quantitative estimate of drug-likeness (QED) is 0.500. The van der Waals surface area contributed by atoms with Crippen molar-refractivity contribution in [2.45, 2.75) is 6.92 Å². The van der Waals surface area contributed by atoms with Crippen LogP contribution < -0.4 is 5.63 Å². The van der Waals surface area contributed by atoms with Gasteiger partial charge in [-0.3, -0.25) is 4.79 Å². The normalized spacial score (nSPS) is 10.4. The lowest BCUT2D eigenvalue weighted by Crippen LogP contribution is -2.08. The van der Waals surface area contributed by atoms with E-state index >= 15 is 0 Å². The minimum atomic E-state index is -0.747. The van der Waals surface area contributed by atoms with E-state index in [1.54, 1.807) is 0 Å². The number of carbonyl (C=O) groups is 2. The number of ether oxygens (including phenoxy) is 1. The molecule has 0 atom stereocenters. The van der Waals surface area contributed by atoms with Crippen LogP contribution in [0.15, 0.2) is 27.4 Å². The van der Waals surface area contributed by atoms with E-state index in [1.807, 2.05) is 0 Å². The summed E-state index contributed by atoms with van der Waals surface area (Å²) >= 11 is 0. The van der Waals surface area contributed by atoms with Crippen LogP contribution in [0.5, 0.6) is 5.75 Å². The molecule has 1 N–H and O–H groups in total. The van der Waals surface area contributed by atoms with Crippen LogP contribution in [0.25, 0.3) is 11.0 Å². The Hall–Kier alpha value is -2.63. The van der Waals surface area contributed by atoms with Gasteiger partial charge in [0, 0.05) is 17.5 Å². The molecule has 2 rings (SSSR count). The monoisotopic (exact) mass is 262 g/mol. The number of hydrogen-bond acceptors (Lipinski definition) is 6. The van der Waals surface area contributed by atoms with Crippen molar-refractivity contribution in [1.29, 1.82) is 0 Å². The van der Waals surface area contributed by atoms with Gasteiger partial charge in [-0.2, -0.15) is 0 Å². The number of benzene rings is 1. The first-order chi connectivity index (χ1) is 8.93. The maximum Gasteiger partial charge on any atom is 0.338 e. The molecule has 98 valence electrons. The molecular formula is C13H10O6.